The number of fused-ring (bicyclic) bond motifs is 1. The van der Waals surface area contributed by atoms with Gasteiger partial charge in [-0.25, -0.2) is 4.98 Å². The number of hydrogen-bond donors (Lipinski definition) is 1. The molecule has 2 aromatic heterocycles. The van der Waals surface area contributed by atoms with Crippen molar-refractivity contribution in [1.82, 2.24) is 9.97 Å². The lowest BCUT2D eigenvalue weighted by atomic mass is 10.1. The Kier molecular flexibility index (Phi) is 4.60. The average Bonchev–Trinajstić information content (AvgIpc) is 3.04. The standard InChI is InChI=1S/C21H17ClN4O/c1-13-10-19(17-11-16(22)8-9-18(17)24-13)26-23-12-20-14(2)27-21(25-20)15-6-4-3-5-7-15/h3-12H,1-2H3,(H,24,26)/b23-12+. The van der Waals surface area contributed by atoms with E-state index in [4.69, 9.17) is 16.0 Å². The summed E-state index contributed by atoms with van der Waals surface area (Å²) in [5, 5.41) is 5.89. The lowest BCUT2D eigenvalue weighted by Gasteiger charge is -2.07. The zero-order valence-electron chi connectivity index (χ0n) is 14.9. The van der Waals surface area contributed by atoms with Gasteiger partial charge in [0, 0.05) is 21.7 Å². The van der Waals surface area contributed by atoms with E-state index in [2.05, 4.69) is 20.5 Å². The lowest BCUT2D eigenvalue weighted by molar-refractivity contribution is 0.542. The maximum atomic E-state index is 6.13. The van der Waals surface area contributed by atoms with Crippen LogP contribution in [0.1, 0.15) is 17.1 Å². The molecule has 6 heteroatoms. The summed E-state index contributed by atoms with van der Waals surface area (Å²) in [6, 6.07) is 17.3. The Balaban J connectivity index is 1.61. The molecule has 0 radical (unpaired) electrons. The van der Waals surface area contributed by atoms with Crippen LogP contribution >= 0.6 is 11.6 Å². The van der Waals surface area contributed by atoms with Gasteiger partial charge in [0.2, 0.25) is 5.89 Å². The maximum absolute atomic E-state index is 6.13. The monoisotopic (exact) mass is 376 g/mol. The van der Waals surface area contributed by atoms with Gasteiger partial charge in [-0.1, -0.05) is 29.8 Å². The fraction of sp³-hybridized carbons (Fsp3) is 0.0952. The highest BCUT2D eigenvalue weighted by atomic mass is 35.5. The molecule has 2 aromatic carbocycles. The number of nitrogens with zero attached hydrogens (tertiary/aromatic N) is 3. The Bertz CT molecular complexity index is 1140. The van der Waals surface area contributed by atoms with Crippen LogP contribution in [-0.2, 0) is 0 Å². The Morgan fingerprint density at radius 2 is 1.85 bits per heavy atom. The van der Waals surface area contributed by atoms with Crippen LogP contribution in [0.3, 0.4) is 0 Å². The van der Waals surface area contributed by atoms with E-state index < -0.39 is 0 Å². The maximum Gasteiger partial charge on any atom is 0.226 e. The van der Waals surface area contributed by atoms with Crippen LogP contribution < -0.4 is 5.43 Å². The zero-order chi connectivity index (χ0) is 18.8. The van der Waals surface area contributed by atoms with Crippen LogP contribution in [0.5, 0.6) is 0 Å². The van der Waals surface area contributed by atoms with Gasteiger partial charge >= 0.3 is 0 Å². The van der Waals surface area contributed by atoms with Crippen molar-refractivity contribution in [2.75, 3.05) is 5.43 Å². The Labute approximate surface area is 161 Å². The molecule has 5 nitrogen and oxygen atoms in total. The van der Waals surface area contributed by atoms with Crippen LogP contribution in [0.2, 0.25) is 5.02 Å². The van der Waals surface area contributed by atoms with Crippen molar-refractivity contribution in [3.8, 4) is 11.5 Å². The first-order chi connectivity index (χ1) is 13.1. The van der Waals surface area contributed by atoms with Gasteiger partial charge in [-0.15, -0.1) is 0 Å². The summed E-state index contributed by atoms with van der Waals surface area (Å²) < 4.78 is 5.75. The summed E-state index contributed by atoms with van der Waals surface area (Å²) in [5.74, 6) is 1.28. The van der Waals surface area contributed by atoms with E-state index >= 15 is 0 Å². The minimum absolute atomic E-state index is 0.575. The molecule has 1 N–H and O–H groups in total. The van der Waals surface area contributed by atoms with Crippen LogP contribution in [0, 0.1) is 13.8 Å². The number of hydrazone groups is 1. The van der Waals surface area contributed by atoms with Crippen molar-refractivity contribution < 1.29 is 4.42 Å². The fourth-order valence-electron chi connectivity index (χ4n) is 2.82. The third-order valence-electron chi connectivity index (χ3n) is 4.12. The van der Waals surface area contributed by atoms with Crippen molar-refractivity contribution in [2.45, 2.75) is 13.8 Å². The fourth-order valence-corrected chi connectivity index (χ4v) is 2.99. The number of hydrogen-bond acceptors (Lipinski definition) is 5. The minimum Gasteiger partial charge on any atom is -0.441 e. The van der Waals surface area contributed by atoms with E-state index in [1.54, 1.807) is 6.21 Å². The molecule has 0 aliphatic rings. The third-order valence-corrected chi connectivity index (χ3v) is 4.36. The van der Waals surface area contributed by atoms with Gasteiger partial charge in [0.15, 0.2) is 0 Å². The molecule has 27 heavy (non-hydrogen) atoms. The number of anilines is 1. The molecule has 0 bridgehead atoms. The summed E-state index contributed by atoms with van der Waals surface area (Å²) in [5.41, 5.74) is 7.27. The van der Waals surface area contributed by atoms with Crippen molar-refractivity contribution in [3.05, 3.63) is 76.8 Å². The topological polar surface area (TPSA) is 63.3 Å². The largest absolute Gasteiger partial charge is 0.441 e. The lowest BCUT2D eigenvalue weighted by Crippen LogP contribution is -1.95. The predicted molar refractivity (Wildman–Crippen MR) is 109 cm³/mol. The van der Waals surface area contributed by atoms with Crippen LogP contribution in [-0.4, -0.2) is 16.2 Å². The summed E-state index contributed by atoms with van der Waals surface area (Å²) >= 11 is 6.13. The first kappa shape index (κ1) is 17.2. The van der Waals surface area contributed by atoms with Gasteiger partial charge in [-0.3, -0.25) is 10.4 Å². The van der Waals surface area contributed by atoms with E-state index in [9.17, 15) is 0 Å². The Morgan fingerprint density at radius 3 is 2.67 bits per heavy atom. The molecule has 2 heterocycles. The van der Waals surface area contributed by atoms with Gasteiger partial charge in [0.25, 0.3) is 0 Å². The Hall–Kier alpha value is -3.18. The summed E-state index contributed by atoms with van der Waals surface area (Å²) in [6.07, 6.45) is 1.65. The molecule has 4 aromatic rings. The zero-order valence-corrected chi connectivity index (χ0v) is 15.7. The molecule has 4 rings (SSSR count). The van der Waals surface area contributed by atoms with Gasteiger partial charge in [0.05, 0.1) is 17.4 Å². The highest BCUT2D eigenvalue weighted by Crippen LogP contribution is 2.26. The van der Waals surface area contributed by atoms with Crippen molar-refractivity contribution in [1.29, 1.82) is 0 Å². The summed E-state index contributed by atoms with van der Waals surface area (Å²) in [7, 11) is 0. The number of nitrogens with one attached hydrogen (secondary N) is 1. The van der Waals surface area contributed by atoms with Crippen LogP contribution in [0.15, 0.2) is 64.1 Å². The molecular weight excluding hydrogens is 360 g/mol. The molecule has 0 atom stereocenters. The number of oxazole rings is 1. The minimum atomic E-state index is 0.575. The van der Waals surface area contributed by atoms with E-state index in [1.807, 2.05) is 68.4 Å². The number of pyridine rings is 1. The summed E-state index contributed by atoms with van der Waals surface area (Å²) in [6.45, 7) is 3.81. The van der Waals surface area contributed by atoms with Crippen molar-refractivity contribution in [2.24, 2.45) is 5.10 Å². The molecule has 0 unspecified atom stereocenters. The number of aryl methyl sites for hydroxylation is 2. The smallest absolute Gasteiger partial charge is 0.226 e. The number of aromatic nitrogens is 2. The Morgan fingerprint density at radius 1 is 1.04 bits per heavy atom. The first-order valence-electron chi connectivity index (χ1n) is 8.49. The van der Waals surface area contributed by atoms with E-state index in [0.717, 1.165) is 27.8 Å². The first-order valence-corrected chi connectivity index (χ1v) is 8.87. The molecule has 0 spiro atoms. The molecule has 0 aliphatic carbocycles. The number of rotatable bonds is 4. The molecule has 0 saturated heterocycles. The molecule has 0 aliphatic heterocycles. The predicted octanol–water partition coefficient (Wildman–Crippen LogP) is 5.61. The number of benzene rings is 2. The molecule has 134 valence electrons. The van der Waals surface area contributed by atoms with Crippen LogP contribution in [0.25, 0.3) is 22.4 Å². The highest BCUT2D eigenvalue weighted by Gasteiger charge is 2.09. The second-order valence-corrected chi connectivity index (χ2v) is 6.61. The molecule has 0 saturated carbocycles. The van der Waals surface area contributed by atoms with Gasteiger partial charge in [0.1, 0.15) is 11.5 Å². The summed E-state index contributed by atoms with van der Waals surface area (Å²) in [4.78, 5) is 9.03. The average molecular weight is 377 g/mol. The number of halogens is 1. The second kappa shape index (κ2) is 7.21. The molecular formula is C21H17ClN4O. The normalized spacial score (nSPS) is 11.4. The SMILES string of the molecule is Cc1cc(N/N=C/c2nc(-c3ccccc3)oc2C)c2cc(Cl)ccc2n1. The second-order valence-electron chi connectivity index (χ2n) is 6.17. The van der Waals surface area contributed by atoms with Gasteiger partial charge < -0.3 is 4.42 Å². The van der Waals surface area contributed by atoms with Gasteiger partial charge in [-0.2, -0.15) is 5.10 Å². The van der Waals surface area contributed by atoms with Gasteiger partial charge in [-0.05, 0) is 50.2 Å². The van der Waals surface area contributed by atoms with Crippen molar-refractivity contribution >= 4 is 34.4 Å². The van der Waals surface area contributed by atoms with Crippen molar-refractivity contribution in [3.63, 3.8) is 0 Å². The van der Waals surface area contributed by atoms with E-state index in [1.165, 1.54) is 0 Å². The molecule has 0 fully saturated rings. The van der Waals surface area contributed by atoms with Crippen LogP contribution in [0.4, 0.5) is 5.69 Å². The van der Waals surface area contributed by atoms with E-state index in [0.29, 0.717) is 22.4 Å². The quantitative estimate of drug-likeness (QED) is 0.371. The highest BCUT2D eigenvalue weighted by molar-refractivity contribution is 6.31. The molecule has 0 amide bonds. The third kappa shape index (κ3) is 3.68. The van der Waals surface area contributed by atoms with E-state index in [-0.39, 0.29) is 0 Å².